The van der Waals surface area contributed by atoms with Crippen LogP contribution in [0.3, 0.4) is 0 Å². The Balaban J connectivity index is 1.61. The summed E-state index contributed by atoms with van der Waals surface area (Å²) < 4.78 is 33.9. The predicted molar refractivity (Wildman–Crippen MR) is 114 cm³/mol. The normalized spacial score (nSPS) is 57.4. The lowest BCUT2D eigenvalue weighted by molar-refractivity contribution is -0.518. The van der Waals surface area contributed by atoms with Gasteiger partial charge in [0.25, 0.3) is 5.79 Å². The molecule has 6 heteroatoms. The minimum Gasteiger partial charge on any atom is -0.429 e. The second-order valence-electron chi connectivity index (χ2n) is 13.1. The predicted octanol–water partition coefficient (Wildman–Crippen LogP) is 4.32. The average molecular weight is 445 g/mol. The second-order valence-corrected chi connectivity index (χ2v) is 13.1. The van der Waals surface area contributed by atoms with Crippen molar-refractivity contribution >= 4 is 5.97 Å². The summed E-state index contributed by atoms with van der Waals surface area (Å²) in [7, 11) is 0. The van der Waals surface area contributed by atoms with E-state index in [-0.39, 0.29) is 41.3 Å². The molecule has 3 spiro atoms. The first kappa shape index (κ1) is 20.4. The maximum Gasteiger partial charge on any atom is 0.315 e. The summed E-state index contributed by atoms with van der Waals surface area (Å²) in [5, 5.41) is 0. The van der Waals surface area contributed by atoms with Crippen LogP contribution >= 0.6 is 0 Å². The van der Waals surface area contributed by atoms with E-state index in [4.69, 9.17) is 23.7 Å². The van der Waals surface area contributed by atoms with Gasteiger partial charge in [-0.25, -0.2) is 0 Å². The first-order valence-corrected chi connectivity index (χ1v) is 12.5. The number of carbonyl (C=O) groups is 1. The lowest BCUT2D eigenvalue weighted by Crippen LogP contribution is -2.88. The van der Waals surface area contributed by atoms with Crippen LogP contribution in [0.2, 0.25) is 0 Å². The number of hydrogen-bond acceptors (Lipinski definition) is 6. The van der Waals surface area contributed by atoms with E-state index in [2.05, 4.69) is 20.4 Å². The maximum atomic E-state index is 14.1. The molecule has 1 unspecified atom stereocenters. The van der Waals surface area contributed by atoms with Crippen molar-refractivity contribution in [2.75, 3.05) is 0 Å². The molecular formula is C26H36O6. The van der Waals surface area contributed by atoms with Crippen molar-refractivity contribution in [1.29, 1.82) is 0 Å². The SMILES string of the molecule is C=C1[C@H]2OC(C)(C)O[C@H]3[C@@H]4C(C)(C)CCC[C@]45C(=O)O[C@]34OC(C)(C)OC3[C@H]1CC[C@@H]5[C@@]324. The summed E-state index contributed by atoms with van der Waals surface area (Å²) in [5.41, 5.74) is -0.250. The summed E-state index contributed by atoms with van der Waals surface area (Å²) in [6.07, 6.45) is 3.94. The first-order valence-electron chi connectivity index (χ1n) is 12.5. The second kappa shape index (κ2) is 5.32. The number of esters is 1. The van der Waals surface area contributed by atoms with Gasteiger partial charge in [0.1, 0.15) is 6.10 Å². The Labute approximate surface area is 190 Å². The van der Waals surface area contributed by atoms with Gasteiger partial charge in [0, 0.05) is 11.8 Å². The molecule has 6 nitrogen and oxygen atoms in total. The molecule has 4 aliphatic carbocycles. The Morgan fingerprint density at radius 3 is 2.38 bits per heavy atom. The third-order valence-electron chi connectivity index (χ3n) is 10.4. The van der Waals surface area contributed by atoms with Crippen molar-refractivity contribution in [2.24, 2.45) is 34.0 Å². The van der Waals surface area contributed by atoms with Crippen LogP contribution < -0.4 is 0 Å². The minimum atomic E-state index is -1.24. The van der Waals surface area contributed by atoms with Crippen LogP contribution in [-0.2, 0) is 28.5 Å². The third-order valence-corrected chi connectivity index (χ3v) is 10.4. The van der Waals surface area contributed by atoms with Gasteiger partial charge in [0.15, 0.2) is 11.6 Å². The van der Waals surface area contributed by atoms with Gasteiger partial charge in [-0.15, -0.1) is 0 Å². The molecule has 4 saturated carbocycles. The molecule has 0 aromatic carbocycles. The molecule has 0 N–H and O–H groups in total. The quantitative estimate of drug-likeness (QED) is 0.410. The maximum absolute atomic E-state index is 14.1. The fourth-order valence-corrected chi connectivity index (χ4v) is 9.90. The Hall–Kier alpha value is -0.950. The third kappa shape index (κ3) is 1.85. The van der Waals surface area contributed by atoms with Gasteiger partial charge >= 0.3 is 5.97 Å². The lowest BCUT2D eigenvalue weighted by atomic mass is 9.35. The highest BCUT2D eigenvalue weighted by Gasteiger charge is 2.93. The van der Waals surface area contributed by atoms with Crippen molar-refractivity contribution in [3.05, 3.63) is 12.2 Å². The van der Waals surface area contributed by atoms with Crippen LogP contribution in [0.15, 0.2) is 12.2 Å². The molecule has 0 amide bonds. The summed E-state index contributed by atoms with van der Waals surface area (Å²) in [5.74, 6) is -2.84. The van der Waals surface area contributed by atoms with E-state index in [1.54, 1.807) is 0 Å². The van der Waals surface area contributed by atoms with E-state index in [1.807, 2.05) is 27.7 Å². The molecule has 8 fully saturated rings. The standard InChI is InChI=1S/C26H36O6/c1-13-14-9-10-15-24-12-8-11-21(2,3)16(24)19-26(31-20(24)27)25(15,17(13)28-22(4,5)30-19)18(14)29-23(6,7)32-26/h14-19H,1,8-12H2,2-7H3/t14-,15-,16+,17+,18?,19-,24+,25-,26-/m0/s1. The number of carbonyl (C=O) groups excluding carboxylic acids is 1. The number of rotatable bonds is 0. The zero-order valence-electron chi connectivity index (χ0n) is 20.2. The van der Waals surface area contributed by atoms with Gasteiger partial charge in [-0.05, 0) is 70.3 Å². The zero-order valence-corrected chi connectivity index (χ0v) is 20.2. The number of fused-ring (bicyclic) bond motifs is 1. The summed E-state index contributed by atoms with van der Waals surface area (Å²) in [6, 6.07) is 0. The topological polar surface area (TPSA) is 63.2 Å². The molecule has 4 heterocycles. The Bertz CT molecular complexity index is 952. The molecule has 9 atom stereocenters. The number of ether oxygens (including phenoxy) is 5. The number of hydrogen-bond donors (Lipinski definition) is 0. The van der Waals surface area contributed by atoms with Crippen LogP contribution in [0, 0.1) is 34.0 Å². The molecule has 8 rings (SSSR count). The zero-order chi connectivity index (χ0) is 22.7. The van der Waals surface area contributed by atoms with E-state index >= 15 is 0 Å². The molecule has 0 aromatic rings. The fourth-order valence-electron chi connectivity index (χ4n) is 9.90. The molecule has 32 heavy (non-hydrogen) atoms. The van der Waals surface area contributed by atoms with E-state index in [0.717, 1.165) is 37.7 Å². The largest absolute Gasteiger partial charge is 0.429 e. The van der Waals surface area contributed by atoms with Gasteiger partial charge in [-0.1, -0.05) is 26.8 Å². The highest BCUT2D eigenvalue weighted by Crippen LogP contribution is 2.82. The minimum absolute atomic E-state index is 0.00205. The molecular weight excluding hydrogens is 408 g/mol. The van der Waals surface area contributed by atoms with Crippen LogP contribution in [0.1, 0.15) is 73.6 Å². The van der Waals surface area contributed by atoms with Crippen molar-refractivity contribution < 1.29 is 28.5 Å². The van der Waals surface area contributed by atoms with Crippen molar-refractivity contribution in [1.82, 2.24) is 0 Å². The van der Waals surface area contributed by atoms with Crippen LogP contribution in [-0.4, -0.2) is 41.6 Å². The van der Waals surface area contributed by atoms with Gasteiger partial charge in [-0.2, -0.15) is 0 Å². The summed E-state index contributed by atoms with van der Waals surface area (Å²) >= 11 is 0. The van der Waals surface area contributed by atoms with Crippen LogP contribution in [0.4, 0.5) is 0 Å². The van der Waals surface area contributed by atoms with E-state index in [9.17, 15) is 4.79 Å². The molecule has 4 aliphatic heterocycles. The monoisotopic (exact) mass is 444 g/mol. The highest BCUT2D eigenvalue weighted by atomic mass is 16.8. The summed E-state index contributed by atoms with van der Waals surface area (Å²) in [6.45, 7) is 17.0. The molecule has 0 radical (unpaired) electrons. The Morgan fingerprint density at radius 1 is 0.906 bits per heavy atom. The smallest absolute Gasteiger partial charge is 0.315 e. The highest BCUT2D eigenvalue weighted by molar-refractivity contribution is 5.82. The van der Waals surface area contributed by atoms with E-state index in [0.29, 0.717) is 0 Å². The van der Waals surface area contributed by atoms with Crippen molar-refractivity contribution in [3.63, 3.8) is 0 Å². The molecule has 8 aliphatic rings. The van der Waals surface area contributed by atoms with Gasteiger partial charge in [-0.3, -0.25) is 4.79 Å². The van der Waals surface area contributed by atoms with E-state index in [1.165, 1.54) is 0 Å². The fraction of sp³-hybridized carbons (Fsp3) is 0.885. The van der Waals surface area contributed by atoms with E-state index < -0.39 is 34.3 Å². The molecule has 5 bridgehead atoms. The van der Waals surface area contributed by atoms with Crippen molar-refractivity contribution in [2.45, 2.75) is 109 Å². The first-order chi connectivity index (χ1) is 14.8. The molecule has 4 saturated heterocycles. The summed E-state index contributed by atoms with van der Waals surface area (Å²) in [4.78, 5) is 14.1. The van der Waals surface area contributed by atoms with Crippen molar-refractivity contribution in [3.8, 4) is 0 Å². The molecule has 176 valence electrons. The Kier molecular flexibility index (Phi) is 3.39. The lowest BCUT2D eigenvalue weighted by Gasteiger charge is -2.76. The van der Waals surface area contributed by atoms with Gasteiger partial charge < -0.3 is 23.7 Å². The van der Waals surface area contributed by atoms with Gasteiger partial charge in [0.05, 0.1) is 23.0 Å². The van der Waals surface area contributed by atoms with Crippen LogP contribution in [0.25, 0.3) is 0 Å². The Morgan fingerprint density at radius 2 is 1.62 bits per heavy atom. The van der Waals surface area contributed by atoms with Crippen LogP contribution in [0.5, 0.6) is 0 Å². The molecule has 0 aromatic heterocycles. The average Bonchev–Trinajstić information content (AvgIpc) is 2.74. The van der Waals surface area contributed by atoms with Gasteiger partial charge in [0.2, 0.25) is 0 Å².